The second-order valence-corrected chi connectivity index (χ2v) is 5.93. The van der Waals surface area contributed by atoms with Crippen LogP contribution in [-0.2, 0) is 9.53 Å². The molecule has 2 aromatic carbocycles. The molecule has 6 heteroatoms. The molecule has 0 radical (unpaired) electrons. The van der Waals surface area contributed by atoms with Crippen molar-refractivity contribution in [1.82, 2.24) is 0 Å². The third-order valence-corrected chi connectivity index (χ3v) is 3.59. The molecule has 4 nitrogen and oxygen atoms in total. The van der Waals surface area contributed by atoms with Crippen molar-refractivity contribution in [1.29, 1.82) is 0 Å². The lowest BCUT2D eigenvalue weighted by molar-refractivity contribution is -0.137. The van der Waals surface area contributed by atoms with Gasteiger partial charge in [-0.25, -0.2) is 4.79 Å². The summed E-state index contributed by atoms with van der Waals surface area (Å²) >= 11 is 11.9. The molecule has 132 valence electrons. The molecule has 2 rings (SSSR count). The van der Waals surface area contributed by atoms with E-state index in [1.165, 1.54) is 6.08 Å². The molecule has 0 bridgehead atoms. The largest absolute Gasteiger partial charge is 0.487 e. The van der Waals surface area contributed by atoms with Crippen LogP contribution in [0, 0.1) is 0 Å². The zero-order valence-corrected chi connectivity index (χ0v) is 15.4. The summed E-state index contributed by atoms with van der Waals surface area (Å²) in [5, 5.41) is 0.983. The summed E-state index contributed by atoms with van der Waals surface area (Å²) in [5.41, 5.74) is 0. The molecular weight excluding hydrogens is 363 g/mol. The number of halogens is 2. The Morgan fingerprint density at radius 3 is 2.44 bits per heavy atom. The first kappa shape index (κ1) is 19.2. The van der Waals surface area contributed by atoms with Gasteiger partial charge in [0.2, 0.25) is 0 Å². The Hall–Kier alpha value is -2.17. The fourth-order valence-corrected chi connectivity index (χ4v) is 2.38. The molecule has 1 unspecified atom stereocenters. The van der Waals surface area contributed by atoms with Crippen LogP contribution in [0.5, 0.6) is 17.2 Å². The summed E-state index contributed by atoms with van der Waals surface area (Å²) in [4.78, 5) is 11.3. The number of benzene rings is 2. The molecule has 0 aliphatic heterocycles. The topological polar surface area (TPSA) is 44.8 Å². The van der Waals surface area contributed by atoms with E-state index in [9.17, 15) is 4.79 Å². The van der Waals surface area contributed by atoms with Crippen LogP contribution in [0.15, 0.2) is 54.6 Å². The number of carbonyl (C=O) groups is 1. The highest BCUT2D eigenvalue weighted by atomic mass is 35.5. The van der Waals surface area contributed by atoms with Crippen molar-refractivity contribution in [3.8, 4) is 17.2 Å². The Morgan fingerprint density at radius 1 is 1.12 bits per heavy atom. The van der Waals surface area contributed by atoms with E-state index in [0.29, 0.717) is 33.9 Å². The van der Waals surface area contributed by atoms with Crippen LogP contribution in [0.1, 0.15) is 13.8 Å². The van der Waals surface area contributed by atoms with Crippen molar-refractivity contribution in [2.45, 2.75) is 20.0 Å². The zero-order valence-electron chi connectivity index (χ0n) is 13.9. The molecule has 0 spiro atoms. The van der Waals surface area contributed by atoms with Crippen molar-refractivity contribution in [2.75, 3.05) is 6.61 Å². The monoisotopic (exact) mass is 380 g/mol. The number of rotatable bonds is 7. The van der Waals surface area contributed by atoms with Gasteiger partial charge in [0.1, 0.15) is 23.4 Å². The van der Waals surface area contributed by atoms with Crippen LogP contribution in [0.4, 0.5) is 0 Å². The molecular formula is C19H18Cl2O4. The van der Waals surface area contributed by atoms with E-state index in [-0.39, 0.29) is 12.1 Å². The van der Waals surface area contributed by atoms with Gasteiger partial charge in [-0.05, 0) is 62.4 Å². The Morgan fingerprint density at radius 2 is 1.80 bits per heavy atom. The maximum Gasteiger partial charge on any atom is 0.330 e. The van der Waals surface area contributed by atoms with Gasteiger partial charge in [0.25, 0.3) is 0 Å². The van der Waals surface area contributed by atoms with Crippen LogP contribution in [0.3, 0.4) is 0 Å². The van der Waals surface area contributed by atoms with Crippen LogP contribution < -0.4 is 9.47 Å². The number of esters is 1. The lowest BCUT2D eigenvalue weighted by atomic mass is 10.3. The molecule has 0 aromatic heterocycles. The molecule has 0 N–H and O–H groups in total. The van der Waals surface area contributed by atoms with E-state index in [1.807, 2.05) is 6.92 Å². The van der Waals surface area contributed by atoms with Gasteiger partial charge in [-0.3, -0.25) is 0 Å². The molecule has 0 aliphatic carbocycles. The van der Waals surface area contributed by atoms with Crippen LogP contribution in [0.25, 0.3) is 0 Å². The summed E-state index contributed by atoms with van der Waals surface area (Å²) in [5.74, 6) is 1.40. The second-order valence-electron chi connectivity index (χ2n) is 5.08. The normalized spacial score (nSPS) is 12.0. The number of hydrogen-bond acceptors (Lipinski definition) is 4. The van der Waals surface area contributed by atoms with Gasteiger partial charge in [-0.1, -0.05) is 23.2 Å². The van der Waals surface area contributed by atoms with Crippen molar-refractivity contribution in [3.05, 3.63) is 64.7 Å². The van der Waals surface area contributed by atoms with Crippen molar-refractivity contribution < 1.29 is 19.0 Å². The summed E-state index contributed by atoms with van der Waals surface area (Å²) in [6.45, 7) is 3.93. The fourth-order valence-electron chi connectivity index (χ4n) is 1.93. The lowest BCUT2D eigenvalue weighted by Crippen LogP contribution is -2.09. The quantitative estimate of drug-likeness (QED) is 0.458. The molecule has 0 saturated heterocycles. The minimum atomic E-state index is -0.387. The van der Waals surface area contributed by atoms with E-state index in [2.05, 4.69) is 0 Å². The van der Waals surface area contributed by atoms with Crippen molar-refractivity contribution in [3.63, 3.8) is 0 Å². The summed E-state index contributed by atoms with van der Waals surface area (Å²) < 4.78 is 16.2. The molecule has 0 fully saturated rings. The second kappa shape index (κ2) is 9.35. The zero-order chi connectivity index (χ0) is 18.2. The Bertz CT molecular complexity index is 742. The van der Waals surface area contributed by atoms with E-state index in [0.717, 1.165) is 0 Å². The summed E-state index contributed by atoms with van der Waals surface area (Å²) in [6, 6.07) is 12.1. The van der Waals surface area contributed by atoms with E-state index < -0.39 is 0 Å². The van der Waals surface area contributed by atoms with Crippen LogP contribution in [-0.4, -0.2) is 18.7 Å². The van der Waals surface area contributed by atoms with Gasteiger partial charge in [0.05, 0.1) is 11.6 Å². The first-order valence-corrected chi connectivity index (χ1v) is 8.48. The van der Waals surface area contributed by atoms with Crippen molar-refractivity contribution >= 4 is 29.2 Å². The minimum Gasteiger partial charge on any atom is -0.487 e. The summed E-state index contributed by atoms with van der Waals surface area (Å²) in [6.07, 6.45) is 2.71. The van der Waals surface area contributed by atoms with Gasteiger partial charge in [-0.2, -0.15) is 0 Å². The molecule has 2 aromatic rings. The number of carbonyl (C=O) groups excluding carboxylic acids is 1. The highest BCUT2D eigenvalue weighted by Gasteiger charge is 2.06. The molecule has 0 amide bonds. The van der Waals surface area contributed by atoms with Gasteiger partial charge >= 0.3 is 5.97 Å². The Labute approximate surface area is 156 Å². The Kier molecular flexibility index (Phi) is 7.16. The van der Waals surface area contributed by atoms with Gasteiger partial charge in [0.15, 0.2) is 0 Å². The van der Waals surface area contributed by atoms with Gasteiger partial charge < -0.3 is 14.2 Å². The van der Waals surface area contributed by atoms with E-state index in [4.69, 9.17) is 37.4 Å². The molecule has 0 saturated carbocycles. The van der Waals surface area contributed by atoms with Crippen LogP contribution >= 0.6 is 23.2 Å². The van der Waals surface area contributed by atoms with Gasteiger partial charge in [-0.15, -0.1) is 0 Å². The smallest absolute Gasteiger partial charge is 0.330 e. The first-order chi connectivity index (χ1) is 12.0. The van der Waals surface area contributed by atoms with E-state index >= 15 is 0 Å². The first-order valence-electron chi connectivity index (χ1n) is 7.72. The predicted molar refractivity (Wildman–Crippen MR) is 98.8 cm³/mol. The lowest BCUT2D eigenvalue weighted by Gasteiger charge is -2.12. The highest BCUT2D eigenvalue weighted by Crippen LogP contribution is 2.32. The fraction of sp³-hybridized carbons (Fsp3) is 0.211. The molecule has 1 atom stereocenters. The Balaban J connectivity index is 1.94. The van der Waals surface area contributed by atoms with Crippen molar-refractivity contribution in [2.24, 2.45) is 0 Å². The molecule has 0 heterocycles. The molecule has 0 aliphatic rings. The average molecular weight is 381 g/mol. The maximum atomic E-state index is 11.3. The number of ether oxygens (including phenoxy) is 3. The summed E-state index contributed by atoms with van der Waals surface area (Å²) in [7, 11) is 0. The third-order valence-electron chi connectivity index (χ3n) is 3.06. The highest BCUT2D eigenvalue weighted by molar-refractivity contribution is 6.35. The predicted octanol–water partition coefficient (Wildman–Crippen LogP) is 5.67. The average Bonchev–Trinajstić information content (AvgIpc) is 2.57. The third kappa shape index (κ3) is 6.33. The number of hydrogen-bond donors (Lipinski definition) is 0. The van der Waals surface area contributed by atoms with Gasteiger partial charge in [0, 0.05) is 11.1 Å². The van der Waals surface area contributed by atoms with E-state index in [1.54, 1.807) is 55.5 Å². The standard InChI is InChI=1S/C19H18Cl2O4/c1-3-23-19(22)11-4-13(2)24-15-6-8-16(9-7-15)25-18-10-5-14(20)12-17(18)21/h4-13H,3H2,1-2H3. The van der Waals surface area contributed by atoms with Crippen LogP contribution in [0.2, 0.25) is 10.0 Å². The minimum absolute atomic E-state index is 0.276. The SMILES string of the molecule is CCOC(=O)C=CC(C)Oc1ccc(Oc2ccc(Cl)cc2Cl)cc1. The molecule has 25 heavy (non-hydrogen) atoms. The maximum absolute atomic E-state index is 11.3.